The third-order valence-electron chi connectivity index (χ3n) is 6.69. The number of hydrogen-bond acceptors (Lipinski definition) is 2. The predicted molar refractivity (Wildman–Crippen MR) is 96.8 cm³/mol. The first-order chi connectivity index (χ1) is 11.5. The number of carbonyl (C=O) groups excluding carboxylic acids is 1. The van der Waals surface area contributed by atoms with Crippen molar-refractivity contribution >= 4 is 5.91 Å². The van der Waals surface area contributed by atoms with Crippen molar-refractivity contribution < 1.29 is 4.79 Å². The van der Waals surface area contributed by atoms with Crippen molar-refractivity contribution in [1.29, 1.82) is 0 Å². The number of likely N-dealkylation sites (tertiary alicyclic amines) is 1. The molecule has 1 saturated carbocycles. The van der Waals surface area contributed by atoms with E-state index < -0.39 is 0 Å². The maximum atomic E-state index is 12.4. The van der Waals surface area contributed by atoms with E-state index >= 15 is 0 Å². The van der Waals surface area contributed by atoms with Gasteiger partial charge in [0.15, 0.2) is 0 Å². The van der Waals surface area contributed by atoms with E-state index in [2.05, 4.69) is 55.3 Å². The zero-order chi connectivity index (χ0) is 16.8. The lowest BCUT2D eigenvalue weighted by atomic mass is 9.88. The van der Waals surface area contributed by atoms with E-state index in [9.17, 15) is 4.79 Å². The quantitative estimate of drug-likeness (QED) is 0.922. The molecule has 1 saturated heterocycles. The van der Waals surface area contributed by atoms with Gasteiger partial charge in [-0.25, -0.2) is 0 Å². The van der Waals surface area contributed by atoms with Crippen LogP contribution in [0, 0.1) is 17.8 Å². The minimum atomic E-state index is 0.343. The van der Waals surface area contributed by atoms with Gasteiger partial charge in [-0.3, -0.25) is 4.79 Å². The monoisotopic (exact) mass is 326 g/mol. The molecule has 24 heavy (non-hydrogen) atoms. The van der Waals surface area contributed by atoms with Crippen molar-refractivity contribution in [2.24, 2.45) is 17.8 Å². The smallest absolute Gasteiger partial charge is 0.223 e. The molecule has 0 unspecified atom stereocenters. The van der Waals surface area contributed by atoms with Gasteiger partial charge in [-0.15, -0.1) is 0 Å². The number of amides is 1. The van der Waals surface area contributed by atoms with E-state index in [4.69, 9.17) is 0 Å². The molecule has 1 aromatic rings. The molecule has 1 aliphatic heterocycles. The van der Waals surface area contributed by atoms with Crippen LogP contribution in [0.15, 0.2) is 24.3 Å². The maximum Gasteiger partial charge on any atom is 0.223 e. The second-order valence-electron chi connectivity index (χ2n) is 8.49. The average Bonchev–Trinajstić information content (AvgIpc) is 3.16. The summed E-state index contributed by atoms with van der Waals surface area (Å²) in [7, 11) is 0. The van der Waals surface area contributed by atoms with Crippen molar-refractivity contribution in [2.75, 3.05) is 6.54 Å². The molecule has 3 nitrogen and oxygen atoms in total. The molecular weight excluding hydrogens is 296 g/mol. The van der Waals surface area contributed by atoms with E-state index in [1.54, 1.807) is 0 Å². The molecule has 3 heteroatoms. The molecule has 4 rings (SSSR count). The molecule has 3 aliphatic rings. The second kappa shape index (κ2) is 6.18. The zero-order valence-electron chi connectivity index (χ0n) is 15.2. The number of hydrogen-bond donors (Lipinski definition) is 1. The number of fused-ring (bicyclic) bond motifs is 2. The Kier molecular flexibility index (Phi) is 4.16. The van der Waals surface area contributed by atoms with Gasteiger partial charge >= 0.3 is 0 Å². The Balaban J connectivity index is 1.38. The molecule has 0 radical (unpaired) electrons. The molecule has 1 amide bonds. The van der Waals surface area contributed by atoms with Crippen LogP contribution in [0.3, 0.4) is 0 Å². The van der Waals surface area contributed by atoms with Gasteiger partial charge in [0, 0.05) is 24.5 Å². The van der Waals surface area contributed by atoms with Gasteiger partial charge in [0.2, 0.25) is 5.91 Å². The molecule has 2 aliphatic carbocycles. The highest BCUT2D eigenvalue weighted by molar-refractivity contribution is 5.80. The molecule has 1 heterocycles. The fourth-order valence-electron chi connectivity index (χ4n) is 5.57. The molecule has 1 N–H and O–H groups in total. The predicted octanol–water partition coefficient (Wildman–Crippen LogP) is 3.02. The highest BCUT2D eigenvalue weighted by Gasteiger charge is 2.51. The Morgan fingerprint density at radius 1 is 1.17 bits per heavy atom. The summed E-state index contributed by atoms with van der Waals surface area (Å²) in [5.74, 6) is 2.30. The zero-order valence-corrected chi connectivity index (χ0v) is 15.2. The number of carbonyl (C=O) groups is 1. The number of nitrogens with one attached hydrogen (secondary N) is 1. The van der Waals surface area contributed by atoms with Crippen LogP contribution in [0.4, 0.5) is 0 Å². The summed E-state index contributed by atoms with van der Waals surface area (Å²) in [5.41, 5.74) is 3.02. The molecule has 4 atom stereocenters. The van der Waals surface area contributed by atoms with E-state index in [-0.39, 0.29) is 0 Å². The Hall–Kier alpha value is -1.35. The summed E-state index contributed by atoms with van der Waals surface area (Å²) in [5, 5.41) is 3.84. The van der Waals surface area contributed by atoms with Gasteiger partial charge in [-0.05, 0) is 68.5 Å². The van der Waals surface area contributed by atoms with E-state index in [1.165, 1.54) is 17.5 Å². The Labute approximate surface area is 145 Å². The summed E-state index contributed by atoms with van der Waals surface area (Å²) < 4.78 is 0. The third kappa shape index (κ3) is 2.67. The average molecular weight is 326 g/mol. The summed E-state index contributed by atoms with van der Waals surface area (Å²) in [6.45, 7) is 7.77. The summed E-state index contributed by atoms with van der Waals surface area (Å²) in [6.07, 6.45) is 4.26. The van der Waals surface area contributed by atoms with Gasteiger partial charge in [-0.1, -0.05) is 31.2 Å². The number of benzene rings is 1. The highest BCUT2D eigenvalue weighted by atomic mass is 16.2. The molecule has 2 fully saturated rings. The normalized spacial score (nSPS) is 32.7. The topological polar surface area (TPSA) is 32.3 Å². The first-order valence-corrected chi connectivity index (χ1v) is 9.66. The van der Waals surface area contributed by atoms with Crippen molar-refractivity contribution in [1.82, 2.24) is 10.2 Å². The van der Waals surface area contributed by atoms with Crippen LogP contribution < -0.4 is 5.32 Å². The molecule has 0 spiro atoms. The largest absolute Gasteiger partial charge is 0.337 e. The standard InChI is InChI=1S/C21H30N2O/c1-13(2)23-20-8-14(3)19(18(20)11-21(23)24)12-22-17-9-15-6-4-5-7-16(15)10-17/h4-7,13-14,17-20,22H,8-12H2,1-3H3/t14-,18-,19+,20+/m0/s1. The second-order valence-corrected chi connectivity index (χ2v) is 8.49. The fourth-order valence-corrected chi connectivity index (χ4v) is 5.57. The van der Waals surface area contributed by atoms with Crippen LogP contribution in [0.5, 0.6) is 0 Å². The maximum absolute atomic E-state index is 12.4. The summed E-state index contributed by atoms with van der Waals surface area (Å²) in [4.78, 5) is 14.6. The number of nitrogens with zero attached hydrogens (tertiary/aromatic N) is 1. The lowest BCUT2D eigenvalue weighted by Gasteiger charge is -2.28. The third-order valence-corrected chi connectivity index (χ3v) is 6.69. The Morgan fingerprint density at radius 3 is 2.46 bits per heavy atom. The van der Waals surface area contributed by atoms with Crippen LogP contribution in [-0.2, 0) is 17.6 Å². The van der Waals surface area contributed by atoms with Crippen LogP contribution in [-0.4, -0.2) is 35.5 Å². The van der Waals surface area contributed by atoms with E-state index in [1.807, 2.05) is 0 Å². The highest BCUT2D eigenvalue weighted by Crippen LogP contribution is 2.46. The molecular formula is C21H30N2O. The summed E-state index contributed by atoms with van der Waals surface area (Å²) in [6, 6.07) is 10.2. The molecule has 1 aromatic carbocycles. The van der Waals surface area contributed by atoms with Crippen molar-refractivity contribution in [2.45, 2.75) is 64.6 Å². The Bertz CT molecular complexity index is 601. The van der Waals surface area contributed by atoms with Gasteiger partial charge < -0.3 is 10.2 Å². The first kappa shape index (κ1) is 16.1. The van der Waals surface area contributed by atoms with Crippen molar-refractivity contribution in [3.05, 3.63) is 35.4 Å². The minimum absolute atomic E-state index is 0.343. The number of rotatable bonds is 4. The van der Waals surface area contributed by atoms with Gasteiger partial charge in [0.25, 0.3) is 0 Å². The van der Waals surface area contributed by atoms with Crippen molar-refractivity contribution in [3.63, 3.8) is 0 Å². The van der Waals surface area contributed by atoms with Gasteiger partial charge in [0.1, 0.15) is 0 Å². The van der Waals surface area contributed by atoms with E-state index in [0.29, 0.717) is 41.8 Å². The van der Waals surface area contributed by atoms with Crippen LogP contribution in [0.25, 0.3) is 0 Å². The molecule has 0 aromatic heterocycles. The molecule has 130 valence electrons. The molecule has 0 bridgehead atoms. The lowest BCUT2D eigenvalue weighted by molar-refractivity contribution is -0.130. The first-order valence-electron chi connectivity index (χ1n) is 9.66. The summed E-state index contributed by atoms with van der Waals surface area (Å²) >= 11 is 0. The van der Waals surface area contributed by atoms with Crippen LogP contribution in [0.1, 0.15) is 44.7 Å². The van der Waals surface area contributed by atoms with Crippen LogP contribution >= 0.6 is 0 Å². The lowest BCUT2D eigenvalue weighted by Crippen LogP contribution is -2.39. The SMILES string of the molecule is CC(C)N1C(=O)C[C@H]2[C@H](CNC3Cc4ccccc4C3)[C@@H](C)C[C@H]21. The minimum Gasteiger partial charge on any atom is -0.337 e. The Morgan fingerprint density at radius 2 is 1.83 bits per heavy atom. The fraction of sp³-hybridized carbons (Fsp3) is 0.667. The van der Waals surface area contributed by atoms with Crippen LogP contribution in [0.2, 0.25) is 0 Å². The van der Waals surface area contributed by atoms with Crippen molar-refractivity contribution in [3.8, 4) is 0 Å². The van der Waals surface area contributed by atoms with Gasteiger partial charge in [0.05, 0.1) is 0 Å². The van der Waals surface area contributed by atoms with E-state index in [0.717, 1.165) is 25.8 Å². The van der Waals surface area contributed by atoms with Gasteiger partial charge in [-0.2, -0.15) is 0 Å².